The topological polar surface area (TPSA) is 73.9 Å². The molecule has 6 heteroatoms. The van der Waals surface area contributed by atoms with E-state index in [-0.39, 0.29) is 13.2 Å². The van der Waals surface area contributed by atoms with E-state index < -0.39 is 11.9 Å². The summed E-state index contributed by atoms with van der Waals surface area (Å²) in [5.41, 5.74) is 2.62. The first kappa shape index (κ1) is 18.3. The minimum Gasteiger partial charge on any atom is -0.493 e. The second-order valence-corrected chi connectivity index (χ2v) is 5.42. The molecule has 0 radical (unpaired) electrons. The van der Waals surface area contributed by atoms with E-state index in [1.165, 1.54) is 7.11 Å². The molecule has 0 saturated heterocycles. The fourth-order valence-electron chi connectivity index (χ4n) is 2.25. The summed E-state index contributed by atoms with van der Waals surface area (Å²) in [6.07, 6.45) is 0. The van der Waals surface area contributed by atoms with Gasteiger partial charge in [0.25, 0.3) is 5.91 Å². The van der Waals surface area contributed by atoms with Gasteiger partial charge in [-0.3, -0.25) is 4.79 Å². The van der Waals surface area contributed by atoms with Crippen molar-refractivity contribution in [3.63, 3.8) is 0 Å². The van der Waals surface area contributed by atoms with Crippen molar-refractivity contribution >= 4 is 17.6 Å². The number of para-hydroxylation sites is 3. The van der Waals surface area contributed by atoms with Crippen LogP contribution in [0.4, 0.5) is 5.69 Å². The molecule has 0 aliphatic heterocycles. The number of ether oxygens (including phenoxy) is 3. The van der Waals surface area contributed by atoms with E-state index in [1.54, 1.807) is 24.3 Å². The third kappa shape index (κ3) is 5.24. The molecule has 0 heterocycles. The van der Waals surface area contributed by atoms with Gasteiger partial charge in [0.1, 0.15) is 0 Å². The summed E-state index contributed by atoms with van der Waals surface area (Å²) < 4.78 is 15.4. The molecular formula is C19H21NO5. The summed E-state index contributed by atoms with van der Waals surface area (Å²) in [7, 11) is 1.51. The summed E-state index contributed by atoms with van der Waals surface area (Å²) in [5, 5.41) is 2.75. The minimum absolute atomic E-state index is 0.308. The average molecular weight is 343 g/mol. The van der Waals surface area contributed by atoms with Crippen LogP contribution in [0, 0.1) is 13.8 Å². The van der Waals surface area contributed by atoms with Crippen LogP contribution in [0.2, 0.25) is 0 Å². The lowest BCUT2D eigenvalue weighted by Crippen LogP contribution is -2.24. The molecule has 2 rings (SSSR count). The van der Waals surface area contributed by atoms with Crippen LogP contribution >= 0.6 is 0 Å². The van der Waals surface area contributed by atoms with Crippen molar-refractivity contribution in [1.82, 2.24) is 0 Å². The minimum atomic E-state index is -0.637. The molecule has 0 aliphatic rings. The molecule has 132 valence electrons. The first-order chi connectivity index (χ1) is 12.0. The zero-order valence-electron chi connectivity index (χ0n) is 14.5. The molecule has 2 aromatic rings. The van der Waals surface area contributed by atoms with Gasteiger partial charge >= 0.3 is 5.97 Å². The summed E-state index contributed by atoms with van der Waals surface area (Å²) in [4.78, 5) is 23.7. The molecular weight excluding hydrogens is 322 g/mol. The molecule has 6 nitrogen and oxygen atoms in total. The van der Waals surface area contributed by atoms with Gasteiger partial charge in [-0.1, -0.05) is 30.3 Å². The van der Waals surface area contributed by atoms with Gasteiger partial charge in [-0.05, 0) is 37.1 Å². The van der Waals surface area contributed by atoms with Crippen molar-refractivity contribution in [3.8, 4) is 11.5 Å². The van der Waals surface area contributed by atoms with E-state index in [4.69, 9.17) is 14.2 Å². The molecule has 0 atom stereocenters. The second kappa shape index (κ2) is 8.73. The number of carbonyl (C=O) groups is 2. The number of aryl methyl sites for hydroxylation is 2. The van der Waals surface area contributed by atoms with Crippen molar-refractivity contribution in [2.24, 2.45) is 0 Å². The van der Waals surface area contributed by atoms with E-state index in [1.807, 2.05) is 32.0 Å². The molecule has 0 aliphatic carbocycles. The van der Waals surface area contributed by atoms with Gasteiger partial charge < -0.3 is 19.5 Å². The van der Waals surface area contributed by atoms with Gasteiger partial charge in [0.05, 0.1) is 7.11 Å². The Balaban J connectivity index is 1.80. The Hall–Kier alpha value is -3.02. The number of rotatable bonds is 7. The maximum Gasteiger partial charge on any atom is 0.344 e. The third-order valence-corrected chi connectivity index (χ3v) is 3.52. The summed E-state index contributed by atoms with van der Waals surface area (Å²) >= 11 is 0. The first-order valence-electron chi connectivity index (χ1n) is 7.78. The number of hydrogen-bond acceptors (Lipinski definition) is 5. The van der Waals surface area contributed by atoms with Crippen LogP contribution in [-0.4, -0.2) is 32.2 Å². The SMILES string of the molecule is COc1ccccc1OCC(=O)OCC(=O)Nc1c(C)cccc1C. The van der Waals surface area contributed by atoms with E-state index in [0.717, 1.165) is 16.8 Å². The van der Waals surface area contributed by atoms with E-state index >= 15 is 0 Å². The lowest BCUT2D eigenvalue weighted by atomic mass is 10.1. The maximum absolute atomic E-state index is 11.9. The maximum atomic E-state index is 11.9. The average Bonchev–Trinajstić information content (AvgIpc) is 2.61. The quantitative estimate of drug-likeness (QED) is 0.783. The van der Waals surface area contributed by atoms with E-state index in [0.29, 0.717) is 11.5 Å². The van der Waals surface area contributed by atoms with Gasteiger partial charge in [-0.15, -0.1) is 0 Å². The van der Waals surface area contributed by atoms with Gasteiger partial charge in [0, 0.05) is 5.69 Å². The largest absolute Gasteiger partial charge is 0.493 e. The molecule has 2 aromatic carbocycles. The fourth-order valence-corrected chi connectivity index (χ4v) is 2.25. The number of carbonyl (C=O) groups excluding carboxylic acids is 2. The van der Waals surface area contributed by atoms with Crippen LogP contribution in [0.15, 0.2) is 42.5 Å². The zero-order valence-corrected chi connectivity index (χ0v) is 14.5. The Morgan fingerprint density at radius 2 is 1.56 bits per heavy atom. The number of benzene rings is 2. The highest BCUT2D eigenvalue weighted by molar-refractivity contribution is 5.94. The van der Waals surface area contributed by atoms with Gasteiger partial charge in [-0.2, -0.15) is 0 Å². The molecule has 0 aromatic heterocycles. The molecule has 0 unspecified atom stereocenters. The Labute approximate surface area is 146 Å². The highest BCUT2D eigenvalue weighted by Gasteiger charge is 2.12. The summed E-state index contributed by atoms with van der Waals surface area (Å²) in [6.45, 7) is 3.12. The van der Waals surface area contributed by atoms with E-state index in [9.17, 15) is 9.59 Å². The van der Waals surface area contributed by atoms with Crippen molar-refractivity contribution in [1.29, 1.82) is 0 Å². The highest BCUT2D eigenvalue weighted by Crippen LogP contribution is 2.25. The van der Waals surface area contributed by atoms with Crippen LogP contribution in [0.3, 0.4) is 0 Å². The van der Waals surface area contributed by atoms with Gasteiger partial charge in [0.2, 0.25) is 0 Å². The van der Waals surface area contributed by atoms with Gasteiger partial charge in [0.15, 0.2) is 24.7 Å². The van der Waals surface area contributed by atoms with Gasteiger partial charge in [-0.25, -0.2) is 4.79 Å². The van der Waals surface area contributed by atoms with E-state index in [2.05, 4.69) is 5.32 Å². The van der Waals surface area contributed by atoms with Crippen molar-refractivity contribution < 1.29 is 23.8 Å². The standard InChI is InChI=1S/C19H21NO5/c1-13-7-6-8-14(2)19(13)20-17(21)11-25-18(22)12-24-16-10-5-4-9-15(16)23-3/h4-10H,11-12H2,1-3H3,(H,20,21). The molecule has 1 N–H and O–H groups in total. The molecule has 0 saturated carbocycles. The predicted octanol–water partition coefficient (Wildman–Crippen LogP) is 2.87. The Morgan fingerprint density at radius 3 is 2.20 bits per heavy atom. The molecule has 1 amide bonds. The summed E-state index contributed by atoms with van der Waals surface area (Å²) in [6, 6.07) is 12.7. The third-order valence-electron chi connectivity index (χ3n) is 3.52. The Bertz CT molecular complexity index is 737. The Kier molecular flexibility index (Phi) is 6.39. The van der Waals surface area contributed by atoms with Crippen LogP contribution in [0.25, 0.3) is 0 Å². The number of hydrogen-bond donors (Lipinski definition) is 1. The zero-order chi connectivity index (χ0) is 18.2. The molecule has 0 fully saturated rings. The second-order valence-electron chi connectivity index (χ2n) is 5.42. The first-order valence-corrected chi connectivity index (χ1v) is 7.78. The number of amides is 1. The highest BCUT2D eigenvalue weighted by atomic mass is 16.6. The predicted molar refractivity (Wildman–Crippen MR) is 94.0 cm³/mol. The van der Waals surface area contributed by atoms with Crippen LogP contribution < -0.4 is 14.8 Å². The smallest absolute Gasteiger partial charge is 0.344 e. The van der Waals surface area contributed by atoms with Crippen LogP contribution in [0.5, 0.6) is 11.5 Å². The number of esters is 1. The normalized spacial score (nSPS) is 10.0. The summed E-state index contributed by atoms with van der Waals surface area (Å²) in [5.74, 6) is -0.0874. The number of methoxy groups -OCH3 is 1. The molecule has 25 heavy (non-hydrogen) atoms. The monoisotopic (exact) mass is 343 g/mol. The van der Waals surface area contributed by atoms with Crippen LogP contribution in [0.1, 0.15) is 11.1 Å². The number of anilines is 1. The lowest BCUT2D eigenvalue weighted by molar-refractivity contribution is -0.149. The lowest BCUT2D eigenvalue weighted by Gasteiger charge is -2.12. The Morgan fingerprint density at radius 1 is 0.920 bits per heavy atom. The number of nitrogens with one attached hydrogen (secondary N) is 1. The van der Waals surface area contributed by atoms with Crippen LogP contribution in [-0.2, 0) is 14.3 Å². The van der Waals surface area contributed by atoms with Crippen molar-refractivity contribution in [3.05, 3.63) is 53.6 Å². The molecule has 0 spiro atoms. The van der Waals surface area contributed by atoms with Crippen molar-refractivity contribution in [2.75, 3.05) is 25.6 Å². The fraction of sp³-hybridized carbons (Fsp3) is 0.263. The molecule has 0 bridgehead atoms. The van der Waals surface area contributed by atoms with Crippen molar-refractivity contribution in [2.45, 2.75) is 13.8 Å².